The summed E-state index contributed by atoms with van der Waals surface area (Å²) < 4.78 is 5.69. The van der Waals surface area contributed by atoms with Crippen LogP contribution in [0, 0.1) is 11.3 Å². The predicted octanol–water partition coefficient (Wildman–Crippen LogP) is 3.19. The lowest BCUT2D eigenvalue weighted by Crippen LogP contribution is -2.32. The molecule has 0 spiro atoms. The van der Waals surface area contributed by atoms with Crippen molar-refractivity contribution >= 4 is 17.3 Å². The van der Waals surface area contributed by atoms with Gasteiger partial charge in [-0.25, -0.2) is 0 Å². The Morgan fingerprint density at radius 3 is 3.06 bits per heavy atom. The van der Waals surface area contributed by atoms with E-state index in [1.165, 1.54) is 0 Å². The lowest BCUT2D eigenvalue weighted by atomic mass is 10.0. The van der Waals surface area contributed by atoms with Crippen LogP contribution >= 0.6 is 11.6 Å². The van der Waals surface area contributed by atoms with E-state index < -0.39 is 0 Å². The SMILES string of the molecule is CC1(CNc2ccc(Cl)cc2C#N)CCCO1. The Morgan fingerprint density at radius 2 is 2.41 bits per heavy atom. The van der Waals surface area contributed by atoms with Crippen LogP contribution in [-0.2, 0) is 4.74 Å². The van der Waals surface area contributed by atoms with Crippen LogP contribution < -0.4 is 5.32 Å². The van der Waals surface area contributed by atoms with Crippen LogP contribution in [0.15, 0.2) is 18.2 Å². The van der Waals surface area contributed by atoms with Gasteiger partial charge in [0.2, 0.25) is 0 Å². The first kappa shape index (κ1) is 12.2. The summed E-state index contributed by atoms with van der Waals surface area (Å²) in [7, 11) is 0. The molecule has 1 fully saturated rings. The Hall–Kier alpha value is -1.24. The molecule has 0 amide bonds. The van der Waals surface area contributed by atoms with Crippen LogP contribution in [0.25, 0.3) is 0 Å². The van der Waals surface area contributed by atoms with E-state index in [0.29, 0.717) is 17.1 Å². The van der Waals surface area contributed by atoms with E-state index in [0.717, 1.165) is 25.1 Å². The zero-order valence-corrected chi connectivity index (χ0v) is 10.5. The van der Waals surface area contributed by atoms with Crippen LogP contribution in [-0.4, -0.2) is 18.8 Å². The van der Waals surface area contributed by atoms with Crippen molar-refractivity contribution in [3.05, 3.63) is 28.8 Å². The van der Waals surface area contributed by atoms with Gasteiger partial charge in [-0.05, 0) is 38.0 Å². The molecule has 1 atom stereocenters. The fraction of sp³-hybridized carbons (Fsp3) is 0.462. The third kappa shape index (κ3) is 2.91. The average Bonchev–Trinajstić information content (AvgIpc) is 2.75. The number of halogens is 1. The molecule has 17 heavy (non-hydrogen) atoms. The molecule has 0 radical (unpaired) electrons. The minimum absolute atomic E-state index is 0.119. The maximum atomic E-state index is 9.02. The molecule has 0 saturated carbocycles. The van der Waals surface area contributed by atoms with Gasteiger partial charge in [-0.15, -0.1) is 0 Å². The highest BCUT2D eigenvalue weighted by Crippen LogP contribution is 2.26. The number of nitrogens with one attached hydrogen (secondary N) is 1. The summed E-state index contributed by atoms with van der Waals surface area (Å²) in [4.78, 5) is 0. The third-order valence-corrected chi connectivity index (χ3v) is 3.29. The zero-order chi connectivity index (χ0) is 12.3. The molecule has 1 saturated heterocycles. The largest absolute Gasteiger partial charge is 0.381 e. The van der Waals surface area contributed by atoms with Crippen molar-refractivity contribution in [1.82, 2.24) is 0 Å². The van der Waals surface area contributed by atoms with Crippen molar-refractivity contribution in [2.75, 3.05) is 18.5 Å². The molecule has 1 aromatic rings. The van der Waals surface area contributed by atoms with Gasteiger partial charge in [0.1, 0.15) is 6.07 Å². The van der Waals surface area contributed by atoms with Gasteiger partial charge in [0, 0.05) is 18.2 Å². The number of rotatable bonds is 3. The first-order valence-electron chi connectivity index (χ1n) is 5.70. The van der Waals surface area contributed by atoms with Crippen molar-refractivity contribution in [3.8, 4) is 6.07 Å². The minimum atomic E-state index is -0.119. The standard InChI is InChI=1S/C13H15ClN2O/c1-13(5-2-6-17-13)9-16-12-4-3-11(14)7-10(12)8-15/h3-4,7,16H,2,5-6,9H2,1H3. The fourth-order valence-electron chi connectivity index (χ4n) is 2.02. The second-order valence-corrected chi connectivity index (χ2v) is 4.99. The summed E-state index contributed by atoms with van der Waals surface area (Å²) in [5.74, 6) is 0. The molecule has 3 nitrogen and oxygen atoms in total. The molecule has 0 aromatic heterocycles. The van der Waals surface area contributed by atoms with E-state index in [4.69, 9.17) is 21.6 Å². The maximum absolute atomic E-state index is 9.02. The topological polar surface area (TPSA) is 45.0 Å². The molecule has 1 aromatic carbocycles. The van der Waals surface area contributed by atoms with E-state index in [-0.39, 0.29) is 5.60 Å². The van der Waals surface area contributed by atoms with Crippen molar-refractivity contribution in [1.29, 1.82) is 5.26 Å². The number of ether oxygens (including phenoxy) is 1. The maximum Gasteiger partial charge on any atom is 0.101 e. The summed E-state index contributed by atoms with van der Waals surface area (Å²) in [6, 6.07) is 7.42. The Bertz CT molecular complexity index is 447. The van der Waals surface area contributed by atoms with Crippen molar-refractivity contribution in [3.63, 3.8) is 0 Å². The lowest BCUT2D eigenvalue weighted by molar-refractivity contribution is 0.0315. The normalized spacial score (nSPS) is 23.4. The molecule has 2 rings (SSSR count). The number of nitrogens with zero attached hydrogens (tertiary/aromatic N) is 1. The summed E-state index contributed by atoms with van der Waals surface area (Å²) in [6.45, 7) is 3.63. The Kier molecular flexibility index (Phi) is 3.56. The van der Waals surface area contributed by atoms with Crippen molar-refractivity contribution in [2.24, 2.45) is 0 Å². The molecular formula is C13H15ClN2O. The van der Waals surface area contributed by atoms with Crippen LogP contribution in [0.3, 0.4) is 0 Å². The Morgan fingerprint density at radius 1 is 1.59 bits per heavy atom. The molecule has 1 heterocycles. The fourth-order valence-corrected chi connectivity index (χ4v) is 2.19. The van der Waals surface area contributed by atoms with Gasteiger partial charge in [-0.2, -0.15) is 5.26 Å². The van der Waals surface area contributed by atoms with E-state index in [9.17, 15) is 0 Å². The molecule has 1 unspecified atom stereocenters. The van der Waals surface area contributed by atoms with E-state index in [1.54, 1.807) is 12.1 Å². The molecule has 0 aliphatic carbocycles. The van der Waals surface area contributed by atoms with Crippen LogP contribution in [0.4, 0.5) is 5.69 Å². The van der Waals surface area contributed by atoms with Crippen molar-refractivity contribution in [2.45, 2.75) is 25.4 Å². The first-order chi connectivity index (χ1) is 8.13. The van der Waals surface area contributed by atoms with Gasteiger partial charge in [0.15, 0.2) is 0 Å². The summed E-state index contributed by atoms with van der Waals surface area (Å²) >= 11 is 5.85. The monoisotopic (exact) mass is 250 g/mol. The highest BCUT2D eigenvalue weighted by Gasteiger charge is 2.29. The minimum Gasteiger partial charge on any atom is -0.381 e. The molecule has 1 aliphatic rings. The third-order valence-electron chi connectivity index (χ3n) is 3.06. The van der Waals surface area contributed by atoms with Crippen LogP contribution in [0.5, 0.6) is 0 Å². The number of benzene rings is 1. The number of hydrogen-bond acceptors (Lipinski definition) is 3. The summed E-state index contributed by atoms with van der Waals surface area (Å²) in [6.07, 6.45) is 2.15. The lowest BCUT2D eigenvalue weighted by Gasteiger charge is -2.24. The highest BCUT2D eigenvalue weighted by atomic mass is 35.5. The number of anilines is 1. The predicted molar refractivity (Wildman–Crippen MR) is 68.2 cm³/mol. The van der Waals surface area contributed by atoms with Gasteiger partial charge >= 0.3 is 0 Å². The van der Waals surface area contributed by atoms with Crippen LogP contribution in [0.1, 0.15) is 25.3 Å². The van der Waals surface area contributed by atoms with Crippen molar-refractivity contribution < 1.29 is 4.74 Å². The van der Waals surface area contributed by atoms with E-state index in [2.05, 4.69) is 18.3 Å². The molecule has 0 bridgehead atoms. The molecule has 90 valence electrons. The van der Waals surface area contributed by atoms with Crippen LogP contribution in [0.2, 0.25) is 5.02 Å². The number of nitriles is 1. The average molecular weight is 251 g/mol. The Labute approximate surface area is 106 Å². The second-order valence-electron chi connectivity index (χ2n) is 4.56. The van der Waals surface area contributed by atoms with Gasteiger partial charge in [-0.3, -0.25) is 0 Å². The van der Waals surface area contributed by atoms with E-state index in [1.807, 2.05) is 6.07 Å². The van der Waals surface area contributed by atoms with Gasteiger partial charge in [0.25, 0.3) is 0 Å². The molecule has 4 heteroatoms. The Balaban J connectivity index is 2.06. The zero-order valence-electron chi connectivity index (χ0n) is 9.79. The first-order valence-corrected chi connectivity index (χ1v) is 6.08. The quantitative estimate of drug-likeness (QED) is 0.896. The van der Waals surface area contributed by atoms with Gasteiger partial charge < -0.3 is 10.1 Å². The molecule has 1 aliphatic heterocycles. The summed E-state index contributed by atoms with van der Waals surface area (Å²) in [5.41, 5.74) is 1.26. The summed E-state index contributed by atoms with van der Waals surface area (Å²) in [5, 5.41) is 12.9. The molecule has 1 N–H and O–H groups in total. The van der Waals surface area contributed by atoms with E-state index >= 15 is 0 Å². The second kappa shape index (κ2) is 4.95. The highest BCUT2D eigenvalue weighted by molar-refractivity contribution is 6.30. The number of hydrogen-bond donors (Lipinski definition) is 1. The smallest absolute Gasteiger partial charge is 0.101 e. The van der Waals surface area contributed by atoms with Gasteiger partial charge in [-0.1, -0.05) is 11.6 Å². The molecular weight excluding hydrogens is 236 g/mol. The van der Waals surface area contributed by atoms with Gasteiger partial charge in [0.05, 0.1) is 16.9 Å².